The van der Waals surface area contributed by atoms with E-state index in [2.05, 4.69) is 15.3 Å². The highest BCUT2D eigenvalue weighted by molar-refractivity contribution is 6.04. The molecule has 3 rings (SSSR count). The van der Waals surface area contributed by atoms with Gasteiger partial charge in [-0.1, -0.05) is 0 Å². The molecule has 0 atom stereocenters. The molecule has 116 valence electrons. The summed E-state index contributed by atoms with van der Waals surface area (Å²) in [5.74, 6) is -0.321. The second-order valence-corrected chi connectivity index (χ2v) is 5.23. The summed E-state index contributed by atoms with van der Waals surface area (Å²) in [7, 11) is 0. The van der Waals surface area contributed by atoms with Crippen molar-refractivity contribution in [2.45, 2.75) is 13.8 Å². The maximum atomic E-state index is 12.1. The van der Waals surface area contributed by atoms with Crippen LogP contribution in [0.2, 0.25) is 0 Å². The number of rotatable bonds is 3. The van der Waals surface area contributed by atoms with E-state index in [4.69, 9.17) is 0 Å². The maximum Gasteiger partial charge on any atom is 0.255 e. The van der Waals surface area contributed by atoms with E-state index >= 15 is 0 Å². The Kier molecular flexibility index (Phi) is 3.80. The topological polar surface area (TPSA) is 79.8 Å². The summed E-state index contributed by atoms with van der Waals surface area (Å²) in [5, 5.41) is 2.77. The summed E-state index contributed by atoms with van der Waals surface area (Å²) >= 11 is 0. The molecule has 0 saturated heterocycles. The molecule has 0 aliphatic rings. The van der Waals surface area contributed by atoms with Crippen molar-refractivity contribution in [3.8, 4) is 5.69 Å². The zero-order valence-electron chi connectivity index (χ0n) is 12.8. The largest absolute Gasteiger partial charge is 0.329 e. The number of anilines is 1. The van der Waals surface area contributed by atoms with E-state index in [0.717, 1.165) is 17.1 Å². The van der Waals surface area contributed by atoms with E-state index in [1.54, 1.807) is 12.4 Å². The van der Waals surface area contributed by atoms with Crippen LogP contribution in [0.3, 0.4) is 0 Å². The lowest BCUT2D eigenvalue weighted by atomic mass is 10.2. The Balaban J connectivity index is 1.79. The third-order valence-electron chi connectivity index (χ3n) is 3.69. The van der Waals surface area contributed by atoms with Crippen molar-refractivity contribution in [1.29, 1.82) is 0 Å². The lowest BCUT2D eigenvalue weighted by Gasteiger charge is -2.08. The number of pyridine rings is 1. The van der Waals surface area contributed by atoms with Gasteiger partial charge in [-0.15, -0.1) is 0 Å². The Morgan fingerprint density at radius 3 is 2.52 bits per heavy atom. The van der Waals surface area contributed by atoms with Crippen molar-refractivity contribution < 1.29 is 4.79 Å². The van der Waals surface area contributed by atoms with Gasteiger partial charge in [0.15, 0.2) is 0 Å². The fourth-order valence-corrected chi connectivity index (χ4v) is 2.25. The quantitative estimate of drug-likeness (QED) is 0.780. The standard InChI is InChI=1S/C17H16N4O2/c1-11-12(2)21(10-19-11)15-5-3-14(4-6-15)20-17(23)13-7-8-18-16(22)9-13/h3-10H,1-2H3,(H,18,22)(H,20,23). The molecular weight excluding hydrogens is 292 g/mol. The number of nitrogens with zero attached hydrogens (tertiary/aromatic N) is 2. The minimum atomic E-state index is -0.321. The summed E-state index contributed by atoms with van der Waals surface area (Å²) in [5.41, 5.74) is 3.70. The minimum Gasteiger partial charge on any atom is -0.329 e. The van der Waals surface area contributed by atoms with Gasteiger partial charge in [0, 0.05) is 34.9 Å². The molecule has 0 spiro atoms. The van der Waals surface area contributed by atoms with Crippen LogP contribution in [0.25, 0.3) is 5.69 Å². The van der Waals surface area contributed by atoms with E-state index in [9.17, 15) is 9.59 Å². The van der Waals surface area contributed by atoms with Crippen LogP contribution in [0.5, 0.6) is 0 Å². The number of aromatic nitrogens is 3. The summed E-state index contributed by atoms with van der Waals surface area (Å²) in [6.07, 6.45) is 3.22. The molecule has 0 radical (unpaired) electrons. The van der Waals surface area contributed by atoms with Gasteiger partial charge in [-0.3, -0.25) is 9.59 Å². The van der Waals surface area contributed by atoms with Crippen molar-refractivity contribution in [3.63, 3.8) is 0 Å². The number of hydrogen-bond acceptors (Lipinski definition) is 3. The van der Waals surface area contributed by atoms with Crippen LogP contribution in [0.1, 0.15) is 21.7 Å². The number of benzene rings is 1. The van der Waals surface area contributed by atoms with Crippen LogP contribution in [-0.2, 0) is 0 Å². The monoisotopic (exact) mass is 308 g/mol. The van der Waals surface area contributed by atoms with E-state index in [-0.39, 0.29) is 11.5 Å². The van der Waals surface area contributed by atoms with Gasteiger partial charge in [0.1, 0.15) is 0 Å². The highest BCUT2D eigenvalue weighted by Crippen LogP contribution is 2.17. The Labute approximate surface area is 132 Å². The highest BCUT2D eigenvalue weighted by atomic mass is 16.2. The molecule has 0 fully saturated rings. The normalized spacial score (nSPS) is 10.5. The third-order valence-corrected chi connectivity index (χ3v) is 3.69. The Hall–Kier alpha value is -3.15. The van der Waals surface area contributed by atoms with Crippen LogP contribution < -0.4 is 10.9 Å². The second-order valence-electron chi connectivity index (χ2n) is 5.23. The fourth-order valence-electron chi connectivity index (χ4n) is 2.25. The van der Waals surface area contributed by atoms with Gasteiger partial charge in [0.2, 0.25) is 5.56 Å². The van der Waals surface area contributed by atoms with Gasteiger partial charge in [0.05, 0.1) is 12.0 Å². The molecule has 2 aromatic heterocycles. The van der Waals surface area contributed by atoms with Crippen LogP contribution in [-0.4, -0.2) is 20.4 Å². The molecule has 0 aliphatic carbocycles. The molecule has 2 heterocycles. The van der Waals surface area contributed by atoms with Gasteiger partial charge in [-0.2, -0.15) is 0 Å². The molecule has 6 heteroatoms. The Morgan fingerprint density at radius 2 is 1.91 bits per heavy atom. The van der Waals surface area contributed by atoms with Gasteiger partial charge in [0.25, 0.3) is 5.91 Å². The molecule has 23 heavy (non-hydrogen) atoms. The SMILES string of the molecule is Cc1ncn(-c2ccc(NC(=O)c3cc[nH]c(=O)c3)cc2)c1C. The van der Waals surface area contributed by atoms with Crippen molar-refractivity contribution in [3.05, 3.63) is 76.2 Å². The zero-order valence-corrected chi connectivity index (χ0v) is 12.8. The minimum absolute atomic E-state index is 0.307. The highest BCUT2D eigenvalue weighted by Gasteiger charge is 2.08. The predicted octanol–water partition coefficient (Wildman–Crippen LogP) is 2.43. The Bertz CT molecular complexity index is 907. The smallest absolute Gasteiger partial charge is 0.255 e. The molecular formula is C17H16N4O2. The number of nitrogens with one attached hydrogen (secondary N) is 2. The number of carbonyl (C=O) groups is 1. The van der Waals surface area contributed by atoms with Gasteiger partial charge >= 0.3 is 0 Å². The molecule has 6 nitrogen and oxygen atoms in total. The number of hydrogen-bond donors (Lipinski definition) is 2. The number of aryl methyl sites for hydroxylation is 1. The average molecular weight is 308 g/mol. The lowest BCUT2D eigenvalue weighted by molar-refractivity contribution is 0.102. The lowest BCUT2D eigenvalue weighted by Crippen LogP contribution is -2.15. The van der Waals surface area contributed by atoms with Crippen molar-refractivity contribution in [1.82, 2.24) is 14.5 Å². The summed E-state index contributed by atoms with van der Waals surface area (Å²) < 4.78 is 1.98. The van der Waals surface area contributed by atoms with Crippen molar-refractivity contribution >= 4 is 11.6 Å². The number of imidazole rings is 1. The van der Waals surface area contributed by atoms with Crippen LogP contribution >= 0.6 is 0 Å². The molecule has 3 aromatic rings. The van der Waals surface area contributed by atoms with Crippen molar-refractivity contribution in [2.24, 2.45) is 0 Å². The predicted molar refractivity (Wildman–Crippen MR) is 88.1 cm³/mol. The van der Waals surface area contributed by atoms with Gasteiger partial charge in [-0.25, -0.2) is 4.98 Å². The van der Waals surface area contributed by atoms with Crippen LogP contribution in [0, 0.1) is 13.8 Å². The zero-order chi connectivity index (χ0) is 16.4. The molecule has 0 aliphatic heterocycles. The summed E-state index contributed by atoms with van der Waals surface area (Å²) in [6.45, 7) is 3.97. The third kappa shape index (κ3) is 3.06. The van der Waals surface area contributed by atoms with E-state index in [1.165, 1.54) is 12.3 Å². The van der Waals surface area contributed by atoms with E-state index in [1.807, 2.05) is 42.7 Å². The first-order chi connectivity index (χ1) is 11.0. The average Bonchev–Trinajstić information content (AvgIpc) is 2.88. The maximum absolute atomic E-state index is 12.1. The number of amides is 1. The van der Waals surface area contributed by atoms with Gasteiger partial charge < -0.3 is 14.9 Å². The van der Waals surface area contributed by atoms with Crippen molar-refractivity contribution in [2.75, 3.05) is 5.32 Å². The van der Waals surface area contributed by atoms with E-state index in [0.29, 0.717) is 11.3 Å². The number of carbonyl (C=O) groups excluding carboxylic acids is 1. The number of aromatic amines is 1. The molecule has 0 unspecified atom stereocenters. The Morgan fingerprint density at radius 1 is 1.17 bits per heavy atom. The molecule has 1 amide bonds. The van der Waals surface area contributed by atoms with E-state index < -0.39 is 0 Å². The first-order valence-corrected chi connectivity index (χ1v) is 7.15. The summed E-state index contributed by atoms with van der Waals surface area (Å²) in [4.78, 5) is 30.1. The molecule has 1 aromatic carbocycles. The molecule has 2 N–H and O–H groups in total. The first-order valence-electron chi connectivity index (χ1n) is 7.15. The van der Waals surface area contributed by atoms with Crippen LogP contribution in [0.15, 0.2) is 53.7 Å². The fraction of sp³-hybridized carbons (Fsp3) is 0.118. The number of H-pyrrole nitrogens is 1. The first kappa shape index (κ1) is 14.8. The van der Waals surface area contributed by atoms with Crippen LogP contribution in [0.4, 0.5) is 5.69 Å². The molecule has 0 saturated carbocycles. The molecule has 0 bridgehead atoms. The van der Waals surface area contributed by atoms with Gasteiger partial charge in [-0.05, 0) is 44.2 Å². The summed E-state index contributed by atoms with van der Waals surface area (Å²) in [6, 6.07) is 10.3. The second kappa shape index (κ2) is 5.92.